The molecule has 0 aromatic carbocycles. The monoisotopic (exact) mass is 179 g/mol. The molecule has 0 aliphatic carbocycles. The van der Waals surface area contributed by atoms with Gasteiger partial charge in [0.25, 0.3) is 0 Å². The summed E-state index contributed by atoms with van der Waals surface area (Å²) in [6.45, 7) is 2.03. The normalized spacial score (nSPS) is 14.5. The van der Waals surface area contributed by atoms with E-state index in [0.29, 0.717) is 12.5 Å². The molecular formula is C7H9N5O. The number of anilines is 1. The molecule has 0 radical (unpaired) electrons. The minimum absolute atomic E-state index is 0.157. The fourth-order valence-electron chi connectivity index (χ4n) is 1.12. The van der Waals surface area contributed by atoms with Crippen LogP contribution in [-0.2, 0) is 6.54 Å². The first-order valence-corrected chi connectivity index (χ1v) is 3.85. The summed E-state index contributed by atoms with van der Waals surface area (Å²) in [5, 5.41) is 5.32. The number of hydrogen-bond acceptors (Lipinski definition) is 5. The van der Waals surface area contributed by atoms with Crippen molar-refractivity contribution in [2.24, 2.45) is 5.84 Å². The summed E-state index contributed by atoms with van der Waals surface area (Å²) in [6, 6.07) is 0. The number of fused-ring (bicyclic) bond motifs is 1. The molecule has 1 aromatic heterocycles. The first-order chi connectivity index (χ1) is 6.18. The number of Topliss-reactive ketones (excluding diaryl/α,β-unsaturated/α-hetero) is 1. The number of hydrogen-bond donors (Lipinski definition) is 1. The molecule has 13 heavy (non-hydrogen) atoms. The smallest absolute Gasteiger partial charge is 0.243 e. The molecule has 0 amide bonds. The van der Waals surface area contributed by atoms with Crippen LogP contribution >= 0.6 is 0 Å². The Morgan fingerprint density at radius 1 is 1.69 bits per heavy atom. The summed E-state index contributed by atoms with van der Waals surface area (Å²) in [6.07, 6.45) is 3.53. The molecular weight excluding hydrogens is 170 g/mol. The van der Waals surface area contributed by atoms with Crippen LogP contribution in [0.4, 0.5) is 5.95 Å². The van der Waals surface area contributed by atoms with Gasteiger partial charge in [-0.1, -0.05) is 0 Å². The maximum atomic E-state index is 11.0. The van der Waals surface area contributed by atoms with Gasteiger partial charge in [0.05, 0.1) is 6.54 Å². The lowest BCUT2D eigenvalue weighted by atomic mass is 10.4. The Hall–Kier alpha value is -1.69. The third kappa shape index (κ3) is 1.20. The molecule has 0 unspecified atom stereocenters. The molecule has 6 heteroatoms. The standard InChI is InChI=1S/C7H9N5O/c1-5(13)6-9-7-11(8)3-2-4-12(7)10-6/h2-3H,4,8H2,1H3. The number of nitrogens with zero attached hydrogens (tertiary/aromatic N) is 4. The van der Waals surface area contributed by atoms with Crippen LogP contribution < -0.4 is 10.9 Å². The maximum Gasteiger partial charge on any atom is 0.243 e. The quantitative estimate of drug-likeness (QED) is 0.472. The molecule has 6 nitrogen and oxygen atoms in total. The van der Waals surface area contributed by atoms with E-state index >= 15 is 0 Å². The van der Waals surface area contributed by atoms with Crippen molar-refractivity contribution in [1.29, 1.82) is 0 Å². The molecule has 0 atom stereocenters. The number of hydrazine groups is 1. The minimum atomic E-state index is -0.157. The maximum absolute atomic E-state index is 11.0. The van der Waals surface area contributed by atoms with Crippen LogP contribution in [0.3, 0.4) is 0 Å². The topological polar surface area (TPSA) is 77.0 Å². The predicted molar refractivity (Wildman–Crippen MR) is 45.8 cm³/mol. The fourth-order valence-corrected chi connectivity index (χ4v) is 1.12. The Morgan fingerprint density at radius 3 is 3.08 bits per heavy atom. The molecule has 0 fully saturated rings. The van der Waals surface area contributed by atoms with Crippen LogP contribution in [0, 0.1) is 0 Å². The highest BCUT2D eigenvalue weighted by atomic mass is 16.1. The molecule has 0 spiro atoms. The van der Waals surface area contributed by atoms with Gasteiger partial charge in [0.15, 0.2) is 5.78 Å². The Bertz CT molecular complexity index is 380. The van der Waals surface area contributed by atoms with Crippen LogP contribution in [0.25, 0.3) is 0 Å². The molecule has 0 bridgehead atoms. The van der Waals surface area contributed by atoms with Gasteiger partial charge < -0.3 is 0 Å². The molecule has 1 aromatic rings. The SMILES string of the molecule is CC(=O)c1nc2n(n1)CC=CN2N. The zero-order chi connectivity index (χ0) is 9.42. The van der Waals surface area contributed by atoms with Crippen molar-refractivity contribution in [1.82, 2.24) is 14.8 Å². The van der Waals surface area contributed by atoms with Crippen molar-refractivity contribution < 1.29 is 4.79 Å². The van der Waals surface area contributed by atoms with E-state index in [1.54, 1.807) is 10.9 Å². The van der Waals surface area contributed by atoms with E-state index < -0.39 is 0 Å². The highest BCUT2D eigenvalue weighted by Crippen LogP contribution is 2.13. The number of ketones is 1. The summed E-state index contributed by atoms with van der Waals surface area (Å²) in [5.41, 5.74) is 0. The highest BCUT2D eigenvalue weighted by molar-refractivity contribution is 5.90. The summed E-state index contributed by atoms with van der Waals surface area (Å²) in [4.78, 5) is 14.9. The van der Waals surface area contributed by atoms with Crippen LogP contribution in [0.5, 0.6) is 0 Å². The Balaban J connectivity index is 2.45. The zero-order valence-electron chi connectivity index (χ0n) is 7.14. The van der Waals surface area contributed by atoms with E-state index in [0.717, 1.165) is 0 Å². The predicted octanol–water partition coefficient (Wildman–Crippen LogP) is -0.312. The van der Waals surface area contributed by atoms with Crippen LogP contribution in [0.15, 0.2) is 12.3 Å². The van der Waals surface area contributed by atoms with Gasteiger partial charge in [-0.15, -0.1) is 5.10 Å². The Labute approximate surface area is 74.6 Å². The van der Waals surface area contributed by atoms with E-state index in [-0.39, 0.29) is 11.6 Å². The molecule has 1 aliphatic rings. The number of nitrogens with two attached hydrogens (primary N) is 1. The second-order valence-electron chi connectivity index (χ2n) is 2.77. The van der Waals surface area contributed by atoms with Gasteiger partial charge >= 0.3 is 0 Å². The Morgan fingerprint density at radius 2 is 2.46 bits per heavy atom. The molecule has 0 saturated carbocycles. The molecule has 68 valence electrons. The van der Waals surface area contributed by atoms with Crippen LogP contribution in [0.1, 0.15) is 17.5 Å². The summed E-state index contributed by atoms with van der Waals surface area (Å²) >= 11 is 0. The van der Waals surface area contributed by atoms with E-state index in [1.165, 1.54) is 11.9 Å². The van der Waals surface area contributed by atoms with E-state index in [4.69, 9.17) is 5.84 Å². The van der Waals surface area contributed by atoms with Crippen molar-refractivity contribution in [3.63, 3.8) is 0 Å². The largest absolute Gasteiger partial charge is 0.291 e. The van der Waals surface area contributed by atoms with Crippen molar-refractivity contribution in [2.75, 3.05) is 5.01 Å². The number of carbonyl (C=O) groups is 1. The molecule has 1 aliphatic heterocycles. The van der Waals surface area contributed by atoms with Gasteiger partial charge in [0, 0.05) is 13.1 Å². The number of allylic oxidation sites excluding steroid dienone is 1. The number of aromatic nitrogens is 3. The van der Waals surface area contributed by atoms with Gasteiger partial charge in [-0.25, -0.2) is 10.5 Å². The van der Waals surface area contributed by atoms with Gasteiger partial charge in [-0.2, -0.15) is 4.98 Å². The minimum Gasteiger partial charge on any atom is -0.291 e. The first-order valence-electron chi connectivity index (χ1n) is 3.85. The van der Waals surface area contributed by atoms with Crippen LogP contribution in [-0.4, -0.2) is 20.5 Å². The van der Waals surface area contributed by atoms with Crippen molar-refractivity contribution in [2.45, 2.75) is 13.5 Å². The van der Waals surface area contributed by atoms with E-state index in [9.17, 15) is 4.79 Å². The molecule has 2 rings (SSSR count). The van der Waals surface area contributed by atoms with Gasteiger partial charge in [-0.3, -0.25) is 9.80 Å². The van der Waals surface area contributed by atoms with E-state index in [1.807, 2.05) is 6.08 Å². The second kappa shape index (κ2) is 2.67. The van der Waals surface area contributed by atoms with E-state index in [2.05, 4.69) is 10.1 Å². The second-order valence-corrected chi connectivity index (χ2v) is 2.77. The lowest BCUT2D eigenvalue weighted by Crippen LogP contribution is -2.30. The van der Waals surface area contributed by atoms with Gasteiger partial charge in [0.1, 0.15) is 0 Å². The molecule has 2 heterocycles. The van der Waals surface area contributed by atoms with Gasteiger partial charge in [-0.05, 0) is 6.08 Å². The fraction of sp³-hybridized carbons (Fsp3) is 0.286. The summed E-state index contributed by atoms with van der Waals surface area (Å²) < 4.78 is 1.58. The third-order valence-corrected chi connectivity index (χ3v) is 1.74. The lowest BCUT2D eigenvalue weighted by Gasteiger charge is -2.16. The average molecular weight is 179 g/mol. The number of carbonyl (C=O) groups excluding carboxylic acids is 1. The third-order valence-electron chi connectivity index (χ3n) is 1.74. The first kappa shape index (κ1) is 7.93. The Kier molecular flexibility index (Phi) is 1.63. The van der Waals surface area contributed by atoms with Crippen LogP contribution in [0.2, 0.25) is 0 Å². The van der Waals surface area contributed by atoms with Crippen molar-refractivity contribution >= 4 is 11.7 Å². The molecule has 2 N–H and O–H groups in total. The van der Waals surface area contributed by atoms with Crippen molar-refractivity contribution in [3.05, 3.63) is 18.1 Å². The lowest BCUT2D eigenvalue weighted by molar-refractivity contribution is 0.100. The summed E-state index contributed by atoms with van der Waals surface area (Å²) in [5.74, 6) is 6.11. The molecule has 0 saturated heterocycles. The van der Waals surface area contributed by atoms with Gasteiger partial charge in [0.2, 0.25) is 11.8 Å². The average Bonchev–Trinajstić information content (AvgIpc) is 2.49. The number of rotatable bonds is 1. The van der Waals surface area contributed by atoms with Crippen molar-refractivity contribution in [3.8, 4) is 0 Å². The zero-order valence-corrected chi connectivity index (χ0v) is 7.14. The highest BCUT2D eigenvalue weighted by Gasteiger charge is 2.17. The summed E-state index contributed by atoms with van der Waals surface area (Å²) in [7, 11) is 0.